The first-order chi connectivity index (χ1) is 21.7. The number of benzene rings is 1. The van der Waals surface area contributed by atoms with Crippen molar-refractivity contribution in [3.8, 4) is 22.3 Å². The Morgan fingerprint density at radius 3 is 0.896 bits per heavy atom. The summed E-state index contributed by atoms with van der Waals surface area (Å²) in [6.07, 6.45) is 28.0. The molecule has 48 heavy (non-hydrogen) atoms. The second kappa shape index (κ2) is 24.4. The first-order valence-electron chi connectivity index (χ1n) is 16.7. The number of aromatic nitrogens is 4. The molecule has 0 atom stereocenters. The van der Waals surface area contributed by atoms with Crippen molar-refractivity contribution in [2.75, 3.05) is 0 Å². The van der Waals surface area contributed by atoms with E-state index in [2.05, 4.69) is 154 Å². The summed E-state index contributed by atoms with van der Waals surface area (Å²) in [5, 5.41) is 0. The zero-order valence-electron chi connectivity index (χ0n) is 28.3. The molecule has 0 aliphatic heterocycles. The molecule has 0 fully saturated rings. The summed E-state index contributed by atoms with van der Waals surface area (Å²) in [4.78, 5) is 0. The molecule has 4 nitrogen and oxygen atoms in total. The highest BCUT2D eigenvalue weighted by molar-refractivity contribution is 5.61. The van der Waals surface area contributed by atoms with Gasteiger partial charge >= 0.3 is 0 Å². The van der Waals surface area contributed by atoms with E-state index >= 15 is 0 Å². The second-order valence-electron chi connectivity index (χ2n) is 12.1. The summed E-state index contributed by atoms with van der Waals surface area (Å²) in [5.41, 5.74) is 7.66. The van der Waals surface area contributed by atoms with Crippen LogP contribution in [0.1, 0.15) is 76.3 Å². The number of pyridine rings is 4. The molecule has 0 N–H and O–H groups in total. The summed E-state index contributed by atoms with van der Waals surface area (Å²) >= 11 is 0. The van der Waals surface area contributed by atoms with E-state index in [0.29, 0.717) is 0 Å². The van der Waals surface area contributed by atoms with E-state index in [-0.39, 0.29) is 81.9 Å². The maximum atomic E-state index is 2.30. The molecule has 0 aliphatic rings. The van der Waals surface area contributed by atoms with Crippen molar-refractivity contribution >= 4 is 0 Å². The van der Waals surface area contributed by atoms with Crippen molar-refractivity contribution in [1.29, 1.82) is 0 Å². The Bertz CT molecular complexity index is 1430. The van der Waals surface area contributed by atoms with Crippen LogP contribution >= 0.6 is 0 Å². The molecule has 0 bridgehead atoms. The topological polar surface area (TPSA) is 15.5 Å². The minimum absolute atomic E-state index is 0. The van der Waals surface area contributed by atoms with E-state index in [9.17, 15) is 0 Å². The Morgan fingerprint density at radius 2 is 0.625 bits per heavy atom. The first-order valence-corrected chi connectivity index (χ1v) is 16.7. The van der Waals surface area contributed by atoms with Crippen LogP contribution in [0.5, 0.6) is 0 Å². The van der Waals surface area contributed by atoms with Gasteiger partial charge in [-0.2, -0.15) is 0 Å². The Morgan fingerprint density at radius 1 is 0.354 bits per heavy atom. The zero-order chi connectivity index (χ0) is 30.4. The van der Waals surface area contributed by atoms with Gasteiger partial charge in [-0.25, -0.2) is 18.3 Å². The van der Waals surface area contributed by atoms with E-state index < -0.39 is 0 Å². The predicted molar refractivity (Wildman–Crippen MR) is 177 cm³/mol. The lowest BCUT2D eigenvalue weighted by Crippen LogP contribution is -3.00. The lowest BCUT2D eigenvalue weighted by molar-refractivity contribution is -0.697. The predicted octanol–water partition coefficient (Wildman–Crippen LogP) is -4.56. The maximum Gasteiger partial charge on any atom is 0.173 e. The second-order valence-corrected chi connectivity index (χ2v) is 12.1. The molecule has 5 rings (SSSR count). The van der Waals surface area contributed by atoms with Crippen LogP contribution in [0.2, 0.25) is 0 Å². The summed E-state index contributed by atoms with van der Waals surface area (Å²) in [5.74, 6) is 0. The fourth-order valence-electron chi connectivity index (χ4n) is 5.72. The van der Waals surface area contributed by atoms with Crippen LogP contribution in [0, 0.1) is 0 Å². The van der Waals surface area contributed by atoms with Gasteiger partial charge < -0.3 is 81.9 Å². The van der Waals surface area contributed by atoms with Gasteiger partial charge in [0.15, 0.2) is 62.7 Å². The van der Waals surface area contributed by atoms with Crippen molar-refractivity contribution in [3.63, 3.8) is 0 Å². The highest BCUT2D eigenvalue weighted by Crippen LogP contribution is 2.17. The summed E-state index contributed by atoms with van der Waals surface area (Å²) in [6, 6.07) is 26.8. The number of hydrogen-bond donors (Lipinski definition) is 0. The third-order valence-corrected chi connectivity index (χ3v) is 8.52. The monoisotopic (exact) mass is 998 g/mol. The third-order valence-electron chi connectivity index (χ3n) is 8.52. The Balaban J connectivity index is 0.00000288. The van der Waals surface area contributed by atoms with E-state index in [1.165, 1.54) is 84.7 Å². The fraction of sp³-hybridized carbons (Fsp3) is 0.350. The fourth-order valence-corrected chi connectivity index (χ4v) is 5.72. The molecule has 8 heteroatoms. The van der Waals surface area contributed by atoms with Crippen molar-refractivity contribution in [2.24, 2.45) is 0 Å². The Hall–Kier alpha value is -1.76. The van der Waals surface area contributed by atoms with Gasteiger partial charge in [0.1, 0.15) is 13.1 Å². The summed E-state index contributed by atoms with van der Waals surface area (Å²) in [6.45, 7) is 8.46. The van der Waals surface area contributed by atoms with Crippen molar-refractivity contribution in [3.05, 3.63) is 133 Å². The minimum atomic E-state index is 0. The number of nitrogens with zero attached hydrogens (tertiary/aromatic N) is 4. The van der Waals surface area contributed by atoms with Gasteiger partial charge in [0.05, 0.1) is 0 Å². The van der Waals surface area contributed by atoms with Crippen LogP contribution in [-0.4, -0.2) is 0 Å². The number of aryl methyl sites for hydroxylation is 2. The van der Waals surface area contributed by atoms with Gasteiger partial charge in [-0.15, -0.1) is 0 Å². The molecule has 0 unspecified atom stereocenters. The van der Waals surface area contributed by atoms with Gasteiger partial charge in [0, 0.05) is 72.5 Å². The molecule has 0 saturated heterocycles. The molecule has 4 heterocycles. The van der Waals surface area contributed by atoms with E-state index in [4.69, 9.17) is 0 Å². The molecular formula is C40H50Br2I2N4. The SMILES string of the molecule is CCCCCC[n+]1ccc(-c2cc[n+](Cc3ccc(C[n+]4ccc(-c5cc[n+](CCCCCC)cc5)cc4)cc3)cc2)cc1.[Br-].[Br-].[I-].[I-]. The summed E-state index contributed by atoms with van der Waals surface area (Å²) in [7, 11) is 0. The zero-order valence-corrected chi connectivity index (χ0v) is 35.8. The van der Waals surface area contributed by atoms with Gasteiger partial charge in [-0.1, -0.05) is 63.8 Å². The van der Waals surface area contributed by atoms with Gasteiger partial charge in [-0.05, 0) is 35.1 Å². The summed E-state index contributed by atoms with van der Waals surface area (Å²) < 4.78 is 9.10. The lowest BCUT2D eigenvalue weighted by atomic mass is 10.1. The number of rotatable bonds is 16. The highest BCUT2D eigenvalue weighted by atomic mass is 127. The van der Waals surface area contributed by atoms with Gasteiger partial charge in [0.2, 0.25) is 0 Å². The van der Waals surface area contributed by atoms with E-state index in [0.717, 1.165) is 26.2 Å². The van der Waals surface area contributed by atoms with Gasteiger partial charge in [-0.3, -0.25) is 0 Å². The maximum absolute atomic E-state index is 2.30. The van der Waals surface area contributed by atoms with Crippen molar-refractivity contribution < 1.29 is 100 Å². The molecule has 5 aromatic rings. The average Bonchev–Trinajstić information content (AvgIpc) is 3.07. The first kappa shape index (κ1) is 44.3. The smallest absolute Gasteiger partial charge is 0.173 e. The minimum Gasteiger partial charge on any atom is -1.00 e. The van der Waals surface area contributed by atoms with E-state index in [1.807, 2.05) is 0 Å². The molecule has 4 aromatic heterocycles. The van der Waals surface area contributed by atoms with Crippen LogP contribution < -0.4 is 100 Å². The molecule has 0 spiro atoms. The van der Waals surface area contributed by atoms with Crippen LogP contribution in [0.25, 0.3) is 22.3 Å². The Labute approximate surface area is 344 Å². The standard InChI is InChI=1S/C40H50N4.2BrH.2HI/c1-3-5-7-9-23-41-25-15-37(16-26-41)39-19-29-43(30-20-39)33-35-11-13-36(14-12-35)34-44-31-21-40(22-32-44)38-17-27-42(28-18-38)24-10-8-6-4-2;;;;/h11-22,25-32H,3-10,23-24,33-34H2,1-2H3;4*1H/q+4;;;;/p-4. The van der Waals surface area contributed by atoms with E-state index in [1.54, 1.807) is 0 Å². The number of hydrogen-bond acceptors (Lipinski definition) is 0. The van der Waals surface area contributed by atoms with Crippen LogP contribution in [0.3, 0.4) is 0 Å². The molecule has 0 amide bonds. The quantitative estimate of drug-likeness (QED) is 0.0539. The number of halogens is 4. The largest absolute Gasteiger partial charge is 1.00 e. The third kappa shape index (κ3) is 14.2. The molecular weight excluding hydrogens is 950 g/mol. The van der Waals surface area contributed by atoms with Crippen LogP contribution in [0.15, 0.2) is 122 Å². The molecule has 258 valence electrons. The van der Waals surface area contributed by atoms with Crippen molar-refractivity contribution in [1.82, 2.24) is 0 Å². The molecule has 0 aliphatic carbocycles. The van der Waals surface area contributed by atoms with Gasteiger partial charge in [0.25, 0.3) is 0 Å². The van der Waals surface area contributed by atoms with Crippen LogP contribution in [-0.2, 0) is 26.2 Å². The normalized spacial score (nSPS) is 10.2. The van der Waals surface area contributed by atoms with Crippen molar-refractivity contribution in [2.45, 2.75) is 91.4 Å². The lowest BCUT2D eigenvalue weighted by Gasteiger charge is -2.04. The highest BCUT2D eigenvalue weighted by Gasteiger charge is 2.10. The average molecular weight is 1000 g/mol. The van der Waals surface area contributed by atoms with Crippen LogP contribution in [0.4, 0.5) is 0 Å². The molecule has 1 aromatic carbocycles. The Kier molecular flexibility index (Phi) is 22.5. The molecule has 0 saturated carbocycles. The molecule has 0 radical (unpaired) electrons. The number of unbranched alkanes of at least 4 members (excludes halogenated alkanes) is 6.